The van der Waals surface area contributed by atoms with E-state index in [1.54, 1.807) is 24.3 Å². The molecule has 1 atom stereocenters. The van der Waals surface area contributed by atoms with Crippen molar-refractivity contribution in [3.63, 3.8) is 0 Å². The van der Waals surface area contributed by atoms with Gasteiger partial charge in [0.05, 0.1) is 22.2 Å². The van der Waals surface area contributed by atoms with Crippen molar-refractivity contribution in [2.45, 2.75) is 24.3 Å². The van der Waals surface area contributed by atoms with Crippen molar-refractivity contribution in [2.75, 3.05) is 0 Å². The van der Waals surface area contributed by atoms with Crippen molar-refractivity contribution in [2.24, 2.45) is 5.10 Å². The van der Waals surface area contributed by atoms with Gasteiger partial charge in [0.15, 0.2) is 0 Å². The molecule has 5 aromatic rings. The Kier molecular flexibility index (Phi) is 6.98. The highest BCUT2D eigenvalue weighted by atomic mass is 79.9. The van der Waals surface area contributed by atoms with Crippen LogP contribution in [0.5, 0.6) is 0 Å². The molecule has 0 amide bonds. The number of benzene rings is 4. The zero-order chi connectivity index (χ0) is 28.0. The topological polar surface area (TPSA) is 82.6 Å². The molecule has 9 heteroatoms. The van der Waals surface area contributed by atoms with E-state index in [-0.39, 0.29) is 16.9 Å². The predicted octanol–water partition coefficient (Wildman–Crippen LogP) is 7.57. The number of pyridine rings is 1. The molecular formula is C31H23Br2N3O3S. The van der Waals surface area contributed by atoms with Crippen molar-refractivity contribution in [1.29, 1.82) is 0 Å². The highest BCUT2D eigenvalue weighted by Gasteiger charge is 2.39. The summed E-state index contributed by atoms with van der Waals surface area (Å²) in [5.74, 6) is 0. The maximum absolute atomic E-state index is 14.0. The lowest BCUT2D eigenvalue weighted by atomic mass is 9.91. The van der Waals surface area contributed by atoms with Crippen LogP contribution in [0.4, 0.5) is 0 Å². The summed E-state index contributed by atoms with van der Waals surface area (Å²) in [6.45, 7) is 1.91. The minimum atomic E-state index is -4.03. The first-order chi connectivity index (χ1) is 19.2. The maximum atomic E-state index is 14.0. The van der Waals surface area contributed by atoms with E-state index < -0.39 is 16.1 Å². The SMILES string of the molecule is Cc1ccc(S(=O)(=O)N2N=C(c3c(-c4ccccc4)c4cc(Br)ccc4[nH]c3=O)C[C@@H]2c2ccc(Br)cc2)cc1. The Balaban J connectivity index is 1.60. The van der Waals surface area contributed by atoms with Gasteiger partial charge in [-0.2, -0.15) is 17.9 Å². The Morgan fingerprint density at radius 2 is 1.52 bits per heavy atom. The monoisotopic (exact) mass is 675 g/mol. The van der Waals surface area contributed by atoms with E-state index in [9.17, 15) is 13.2 Å². The number of aryl methyl sites for hydroxylation is 1. The van der Waals surface area contributed by atoms with E-state index in [1.807, 2.05) is 79.7 Å². The first-order valence-corrected chi connectivity index (χ1v) is 15.6. The summed E-state index contributed by atoms with van der Waals surface area (Å²) in [4.78, 5) is 16.9. The molecule has 200 valence electrons. The van der Waals surface area contributed by atoms with Gasteiger partial charge in [-0.1, -0.05) is 92.0 Å². The fourth-order valence-corrected chi connectivity index (χ4v) is 7.12. The second-order valence-electron chi connectivity index (χ2n) is 9.67. The average Bonchev–Trinajstić information content (AvgIpc) is 3.40. The first kappa shape index (κ1) is 26.7. The number of nitrogens with one attached hydrogen (secondary N) is 1. The van der Waals surface area contributed by atoms with Gasteiger partial charge in [0.2, 0.25) is 0 Å². The molecular weight excluding hydrogens is 654 g/mol. The molecule has 1 aliphatic heterocycles. The third-order valence-corrected chi connectivity index (χ3v) is 9.74. The molecule has 0 bridgehead atoms. The van der Waals surface area contributed by atoms with E-state index in [1.165, 1.54) is 0 Å². The standard InChI is InChI=1S/C31H23Br2N3O3S/c1-19-7-14-24(15-8-19)40(38,39)36-28(20-9-11-22(32)12-10-20)18-27(35-36)30-29(21-5-3-2-4-6-21)25-17-23(33)13-16-26(25)34-31(30)37/h2-17,28H,18H2,1H3,(H,34,37)/t28-/m1/s1. The number of sulfonamides is 1. The van der Waals surface area contributed by atoms with Crippen molar-refractivity contribution in [3.8, 4) is 11.1 Å². The van der Waals surface area contributed by atoms with Gasteiger partial charge in [-0.3, -0.25) is 4.79 Å². The van der Waals surface area contributed by atoms with E-state index in [0.29, 0.717) is 22.4 Å². The lowest BCUT2D eigenvalue weighted by Gasteiger charge is -2.23. The Morgan fingerprint density at radius 3 is 2.23 bits per heavy atom. The van der Waals surface area contributed by atoms with Crippen LogP contribution in [-0.2, 0) is 10.0 Å². The molecule has 0 unspecified atom stereocenters. The van der Waals surface area contributed by atoms with Crippen LogP contribution in [0.1, 0.15) is 29.2 Å². The number of aromatic amines is 1. The van der Waals surface area contributed by atoms with E-state index in [2.05, 4.69) is 36.8 Å². The summed E-state index contributed by atoms with van der Waals surface area (Å²) >= 11 is 7.03. The summed E-state index contributed by atoms with van der Waals surface area (Å²) < 4.78 is 30.9. The minimum Gasteiger partial charge on any atom is -0.321 e. The molecule has 40 heavy (non-hydrogen) atoms. The zero-order valence-corrected chi connectivity index (χ0v) is 25.3. The van der Waals surface area contributed by atoms with Gasteiger partial charge in [0.1, 0.15) is 0 Å². The second kappa shape index (κ2) is 10.5. The van der Waals surface area contributed by atoms with Gasteiger partial charge in [0.25, 0.3) is 15.6 Å². The van der Waals surface area contributed by atoms with Crippen molar-refractivity contribution < 1.29 is 8.42 Å². The molecule has 2 heterocycles. The van der Waals surface area contributed by atoms with E-state index in [4.69, 9.17) is 5.10 Å². The highest BCUT2D eigenvalue weighted by molar-refractivity contribution is 9.10. The van der Waals surface area contributed by atoms with E-state index in [0.717, 1.165) is 35.4 Å². The number of rotatable bonds is 5. The molecule has 0 saturated heterocycles. The van der Waals surface area contributed by atoms with Crippen LogP contribution in [-0.4, -0.2) is 23.5 Å². The van der Waals surface area contributed by atoms with Crippen molar-refractivity contribution in [3.05, 3.63) is 133 Å². The molecule has 1 aliphatic rings. The lowest BCUT2D eigenvalue weighted by Crippen LogP contribution is -2.27. The normalized spacial score (nSPS) is 15.4. The molecule has 1 N–H and O–H groups in total. The molecule has 6 nitrogen and oxygen atoms in total. The quantitative estimate of drug-likeness (QED) is 0.209. The molecule has 0 aliphatic carbocycles. The molecule has 0 saturated carbocycles. The van der Waals surface area contributed by atoms with Crippen molar-refractivity contribution >= 4 is 58.5 Å². The van der Waals surface area contributed by atoms with Gasteiger partial charge >= 0.3 is 0 Å². The van der Waals surface area contributed by atoms with Gasteiger partial charge in [-0.05, 0) is 60.5 Å². The zero-order valence-electron chi connectivity index (χ0n) is 21.3. The van der Waals surface area contributed by atoms with Crippen LogP contribution in [0.25, 0.3) is 22.0 Å². The van der Waals surface area contributed by atoms with Crippen LogP contribution in [0.15, 0.2) is 121 Å². The third-order valence-electron chi connectivity index (χ3n) is 7.02. The molecule has 1 aromatic heterocycles. The molecule has 0 fully saturated rings. The van der Waals surface area contributed by atoms with Gasteiger partial charge < -0.3 is 4.98 Å². The number of halogens is 2. The molecule has 6 rings (SSSR count). The van der Waals surface area contributed by atoms with Gasteiger partial charge in [-0.15, -0.1) is 0 Å². The van der Waals surface area contributed by atoms with Crippen LogP contribution in [0.3, 0.4) is 0 Å². The smallest absolute Gasteiger partial charge is 0.279 e. The minimum absolute atomic E-state index is 0.143. The van der Waals surface area contributed by atoms with Crippen LogP contribution in [0.2, 0.25) is 0 Å². The second-order valence-corrected chi connectivity index (χ2v) is 13.3. The number of hydrogen-bond donors (Lipinski definition) is 1. The van der Waals surface area contributed by atoms with E-state index >= 15 is 0 Å². The van der Waals surface area contributed by atoms with Crippen LogP contribution >= 0.6 is 31.9 Å². The Bertz CT molecular complexity index is 1940. The Morgan fingerprint density at radius 1 is 0.850 bits per heavy atom. The summed E-state index contributed by atoms with van der Waals surface area (Å²) in [5, 5.41) is 5.54. The third kappa shape index (κ3) is 4.82. The fourth-order valence-electron chi connectivity index (χ4n) is 5.06. The molecule has 0 spiro atoms. The summed E-state index contributed by atoms with van der Waals surface area (Å²) in [6.07, 6.45) is 0.231. The summed E-state index contributed by atoms with van der Waals surface area (Å²) in [6, 6.07) is 28.9. The molecule has 4 aromatic carbocycles. The predicted molar refractivity (Wildman–Crippen MR) is 166 cm³/mol. The molecule has 0 radical (unpaired) electrons. The van der Waals surface area contributed by atoms with Crippen LogP contribution in [0, 0.1) is 6.92 Å². The summed E-state index contributed by atoms with van der Waals surface area (Å²) in [5.41, 5.74) is 4.41. The highest BCUT2D eigenvalue weighted by Crippen LogP contribution is 2.40. The van der Waals surface area contributed by atoms with Crippen LogP contribution < -0.4 is 5.56 Å². The number of hydrogen-bond acceptors (Lipinski definition) is 4. The number of fused-ring (bicyclic) bond motifs is 1. The largest absolute Gasteiger partial charge is 0.321 e. The number of aromatic nitrogens is 1. The Hall–Kier alpha value is -3.53. The van der Waals surface area contributed by atoms with Crippen molar-refractivity contribution in [1.82, 2.24) is 9.40 Å². The fraction of sp³-hybridized carbons (Fsp3) is 0.0968. The Labute approximate surface area is 248 Å². The first-order valence-electron chi connectivity index (χ1n) is 12.6. The number of nitrogens with zero attached hydrogens (tertiary/aromatic N) is 2. The number of hydrazone groups is 1. The van der Waals surface area contributed by atoms with Gasteiger partial charge in [0, 0.05) is 31.8 Å². The maximum Gasteiger partial charge on any atom is 0.279 e. The lowest BCUT2D eigenvalue weighted by molar-refractivity contribution is 0.371. The van der Waals surface area contributed by atoms with Gasteiger partial charge in [-0.25, -0.2) is 0 Å². The average molecular weight is 677 g/mol. The summed E-state index contributed by atoms with van der Waals surface area (Å²) in [7, 11) is -4.03. The number of H-pyrrole nitrogens is 1.